The topological polar surface area (TPSA) is 401 Å². The number of carboxylic acids is 2. The first kappa shape index (κ1) is 67.1. The number of aliphatic hydroxyl groups excluding tert-OH is 1. The summed E-state index contributed by atoms with van der Waals surface area (Å²) in [7, 11) is 0. The maximum atomic E-state index is 15.4. The summed E-state index contributed by atoms with van der Waals surface area (Å²) in [6.45, 7) is 5.75. The van der Waals surface area contributed by atoms with Crippen LogP contribution in [0.4, 0.5) is 8.78 Å². The lowest BCUT2D eigenvalue weighted by Crippen LogP contribution is -2.58. The zero-order chi connectivity index (χ0) is 62.6. The Balaban J connectivity index is 1.59. The number of hydrogen-bond donors (Lipinski definition) is 10. The van der Waals surface area contributed by atoms with Crippen molar-refractivity contribution in [2.45, 2.75) is 129 Å². The van der Waals surface area contributed by atoms with Gasteiger partial charge in [0.2, 0.25) is 47.3 Å². The number of aliphatic carboxylic acids is 2. The van der Waals surface area contributed by atoms with Crippen LogP contribution in [0.5, 0.6) is 0 Å². The van der Waals surface area contributed by atoms with Gasteiger partial charge in [-0.1, -0.05) is 56.2 Å². The van der Waals surface area contributed by atoms with Gasteiger partial charge in [-0.3, -0.25) is 52.7 Å². The van der Waals surface area contributed by atoms with Crippen molar-refractivity contribution in [3.05, 3.63) is 95.8 Å². The van der Waals surface area contributed by atoms with Gasteiger partial charge in [-0.2, -0.15) is 0 Å². The Kier molecular flexibility index (Phi) is 24.9. The summed E-state index contributed by atoms with van der Waals surface area (Å²) in [4.78, 5) is 171. The van der Waals surface area contributed by atoms with Crippen LogP contribution >= 0.6 is 0 Å². The van der Waals surface area contributed by atoms with Crippen molar-refractivity contribution in [3.63, 3.8) is 0 Å². The number of rotatable bonds is 32. The number of nitrogens with one attached hydrogen (secondary N) is 6. The Morgan fingerprint density at radius 3 is 1.94 bits per heavy atom. The summed E-state index contributed by atoms with van der Waals surface area (Å²) in [5, 5.41) is 43.3. The molecule has 0 fully saturated rings. The van der Waals surface area contributed by atoms with Crippen LogP contribution in [0.3, 0.4) is 0 Å². The second-order valence-electron chi connectivity index (χ2n) is 20.6. The summed E-state index contributed by atoms with van der Waals surface area (Å²) < 4.78 is 31.8. The molecule has 0 spiro atoms. The molecule has 29 heteroatoms. The number of aromatic nitrogens is 1. The number of nitrogens with two attached hydrogens (primary N) is 1. The molecule has 2 heterocycles. The van der Waals surface area contributed by atoms with Crippen LogP contribution in [-0.2, 0) is 73.7 Å². The first-order valence-corrected chi connectivity index (χ1v) is 26.4. The maximum Gasteiger partial charge on any atom is 0.333 e. The molecule has 1 aromatic heterocycles. The molecule has 1 aliphatic heterocycles. The highest BCUT2D eigenvalue weighted by molar-refractivity contribution is 6.12. The molecule has 0 saturated heterocycles. The molecule has 27 nitrogen and oxygen atoms in total. The molecule has 1 aliphatic rings. The van der Waals surface area contributed by atoms with Crippen LogP contribution in [-0.4, -0.2) is 157 Å². The van der Waals surface area contributed by atoms with Gasteiger partial charge >= 0.3 is 17.9 Å². The molecule has 0 unspecified atom stereocenters. The molecule has 11 N–H and O–H groups in total. The number of primary amides is 1. The first-order valence-electron chi connectivity index (χ1n) is 26.4. The number of hydrogen-bond acceptors (Lipinski definition) is 15. The number of carboxylic acid groups (broad SMARTS) is 2. The summed E-state index contributed by atoms with van der Waals surface area (Å²) in [6, 6.07) is 4.38. The number of hydroxylamine groups is 2. The number of amides is 10. The fraction of sp³-hybridized carbons (Fsp3) is 0.436. The van der Waals surface area contributed by atoms with E-state index in [4.69, 9.17) is 15.7 Å². The first-order chi connectivity index (χ1) is 39.5. The number of halogens is 2. The van der Waals surface area contributed by atoms with Crippen LogP contribution in [0.1, 0.15) is 103 Å². The highest BCUT2D eigenvalue weighted by Gasteiger charge is 2.39. The van der Waals surface area contributed by atoms with Crippen molar-refractivity contribution in [2.75, 3.05) is 19.7 Å². The van der Waals surface area contributed by atoms with Crippen LogP contribution in [0, 0.1) is 17.0 Å². The lowest BCUT2D eigenvalue weighted by molar-refractivity contribution is -0.196. The molecule has 4 rings (SSSR count). The van der Waals surface area contributed by atoms with E-state index >= 15 is 4.39 Å². The van der Waals surface area contributed by atoms with Gasteiger partial charge in [0, 0.05) is 80.5 Å². The van der Waals surface area contributed by atoms with Gasteiger partial charge in [0.15, 0.2) is 0 Å². The van der Waals surface area contributed by atoms with E-state index in [-0.39, 0.29) is 35.6 Å². The Labute approximate surface area is 480 Å². The molecular weight excluding hydrogens is 1110 g/mol. The van der Waals surface area contributed by atoms with Crippen LogP contribution in [0.2, 0.25) is 0 Å². The molecule has 0 saturated carbocycles. The Morgan fingerprint density at radius 2 is 1.33 bits per heavy atom. The van der Waals surface area contributed by atoms with Gasteiger partial charge in [0.05, 0.1) is 12.5 Å². The number of aliphatic hydroxyl groups is 1. The summed E-state index contributed by atoms with van der Waals surface area (Å²) >= 11 is 0. The van der Waals surface area contributed by atoms with E-state index in [1.54, 1.807) is 55.8 Å². The fourth-order valence-corrected chi connectivity index (χ4v) is 8.63. The van der Waals surface area contributed by atoms with Gasteiger partial charge in [-0.05, 0) is 68.4 Å². The minimum Gasteiger partial charge on any atom is -0.481 e. The molecule has 10 amide bonds. The van der Waals surface area contributed by atoms with Crippen LogP contribution < -0.4 is 37.6 Å². The van der Waals surface area contributed by atoms with Crippen molar-refractivity contribution in [1.29, 1.82) is 0 Å². The minimum absolute atomic E-state index is 0.111. The predicted octanol–water partition coefficient (Wildman–Crippen LogP) is 0.128. The smallest absolute Gasteiger partial charge is 0.333 e. The molecule has 2 aromatic carbocycles. The number of imide groups is 1. The Bertz CT molecular complexity index is 2980. The minimum atomic E-state index is -1.86. The van der Waals surface area contributed by atoms with Gasteiger partial charge in [0.1, 0.15) is 48.5 Å². The van der Waals surface area contributed by atoms with E-state index in [1.165, 1.54) is 18.7 Å². The van der Waals surface area contributed by atoms with Crippen molar-refractivity contribution in [2.24, 2.45) is 11.1 Å². The Hall–Kier alpha value is -9.41. The van der Waals surface area contributed by atoms with E-state index in [0.29, 0.717) is 5.69 Å². The van der Waals surface area contributed by atoms with Gasteiger partial charge in [-0.15, -0.1) is 0 Å². The zero-order valence-corrected chi connectivity index (χ0v) is 46.6. The molecule has 454 valence electrons. The van der Waals surface area contributed by atoms with E-state index in [9.17, 15) is 76.9 Å². The quantitative estimate of drug-likeness (QED) is 0.0371. The molecule has 0 aliphatic carbocycles. The SMILES string of the molecule is C[C@H](NC(=O)CCCC(=O)ON1C(=O)C=CC1=O)C(=O)N[C@@H](C)C(=O)N[C@@H](CC(N)=O)C(=O)N[C@@H](CCN(C(=O)CO)[C@@H](c1cc(-c2cc(F)ccc2F)cn1Cc1ccccc1)C(C)(C)C)C(=O)NCCC(=O)N[C@@H](CCC(=O)O)C(=O)O. The maximum absolute atomic E-state index is 15.4. The van der Waals surface area contributed by atoms with Crippen LogP contribution in [0.15, 0.2) is 72.9 Å². The summed E-state index contributed by atoms with van der Waals surface area (Å²) in [6.07, 6.45) is -0.536. The van der Waals surface area contributed by atoms with Gasteiger partial charge in [-0.25, -0.2) is 18.4 Å². The average molecular weight is 1180 g/mol. The van der Waals surface area contributed by atoms with E-state index in [0.717, 1.165) is 35.9 Å². The molecule has 6 atom stereocenters. The van der Waals surface area contributed by atoms with Crippen molar-refractivity contribution >= 4 is 77.0 Å². The fourth-order valence-electron chi connectivity index (χ4n) is 8.63. The predicted molar refractivity (Wildman–Crippen MR) is 289 cm³/mol. The monoisotopic (exact) mass is 1180 g/mol. The highest BCUT2D eigenvalue weighted by Crippen LogP contribution is 2.41. The number of benzene rings is 2. The summed E-state index contributed by atoms with van der Waals surface area (Å²) in [5.74, 6) is -15.0. The molecule has 0 bridgehead atoms. The third kappa shape index (κ3) is 20.5. The molecule has 3 aromatic rings. The lowest BCUT2D eigenvalue weighted by Gasteiger charge is -2.41. The third-order valence-corrected chi connectivity index (χ3v) is 12.8. The van der Waals surface area contributed by atoms with Crippen molar-refractivity contribution < 1.29 is 91.3 Å². The average Bonchev–Trinajstić information content (AvgIpc) is 2.02. The summed E-state index contributed by atoms with van der Waals surface area (Å²) in [5.41, 5.74) is 5.74. The lowest BCUT2D eigenvalue weighted by atomic mass is 9.82. The molecule has 84 heavy (non-hydrogen) atoms. The Morgan fingerprint density at radius 1 is 0.714 bits per heavy atom. The van der Waals surface area contributed by atoms with Crippen molar-refractivity contribution in [1.82, 2.24) is 46.4 Å². The van der Waals surface area contributed by atoms with E-state index in [1.807, 2.05) is 12.1 Å². The van der Waals surface area contributed by atoms with Crippen molar-refractivity contribution in [3.8, 4) is 11.1 Å². The largest absolute Gasteiger partial charge is 0.481 e. The number of carbonyl (C=O) groups is 13. The molecule has 0 radical (unpaired) electrons. The standard InChI is InChI=1S/C55H68F2N10O17/c1-30(60-42(70)12-9-13-48(77)84-67-44(72)17-18-45(67)73)50(78)61-31(2)51(79)64-39(26-41(58)69)53(81)63-37(52(80)59-22-20-43(71)62-38(54(82)83)16-19-47(75)76)21-23-66(46(74)29-68)49(55(3,4)5)40-24-33(35-25-34(56)14-15-36(35)57)28-65(40)27-32-10-7-6-8-11-32/h6-8,10-11,14-15,17-18,24-25,28,30-31,37-39,49,68H,9,12-13,16,19-23,26-27,29H2,1-5H3,(H2,58,69)(H,59,80)(H,60,70)(H,61,78)(H,62,71)(H,63,81)(H,64,79)(H,75,76)(H,82,83)/t30-,31-,37-,38-,39-,49-/m0/s1. The van der Waals surface area contributed by atoms with E-state index in [2.05, 4.69) is 31.9 Å². The highest BCUT2D eigenvalue weighted by atomic mass is 19.1. The second kappa shape index (κ2) is 31.1. The normalized spacial score (nSPS) is 14.2. The van der Waals surface area contributed by atoms with E-state index < -0.39 is 189 Å². The number of carbonyl (C=O) groups excluding carboxylic acids is 11. The third-order valence-electron chi connectivity index (χ3n) is 12.8. The van der Waals surface area contributed by atoms with Crippen LogP contribution in [0.25, 0.3) is 11.1 Å². The zero-order valence-electron chi connectivity index (χ0n) is 46.6. The number of nitrogens with zero attached hydrogens (tertiary/aromatic N) is 3. The second-order valence-corrected chi connectivity index (χ2v) is 20.6. The van der Waals surface area contributed by atoms with Gasteiger partial charge < -0.3 is 67.3 Å². The van der Waals surface area contributed by atoms with Gasteiger partial charge in [0.25, 0.3) is 11.8 Å². The molecular formula is C55H68F2N10O17.